The molecule has 3 rings (SSSR count). The quantitative estimate of drug-likeness (QED) is 0.0832. The average molecular weight is 596 g/mol. The number of rotatable bonds is 18. The molecule has 1 aromatic heterocycles. The van der Waals surface area contributed by atoms with Crippen molar-refractivity contribution in [1.29, 1.82) is 0 Å². The molecule has 0 bridgehead atoms. The molecule has 0 aliphatic rings. The molecule has 5 nitrogen and oxygen atoms in total. The van der Waals surface area contributed by atoms with Crippen LogP contribution in [0.3, 0.4) is 0 Å². The molecule has 0 spiro atoms. The van der Waals surface area contributed by atoms with E-state index in [1.54, 1.807) is 24.3 Å². The largest absolute Gasteiger partial charge is 0.492 e. The number of benzene rings is 2. The second-order valence-corrected chi connectivity index (χ2v) is 11.0. The van der Waals surface area contributed by atoms with Crippen molar-refractivity contribution in [1.82, 2.24) is 9.97 Å². The summed E-state index contributed by atoms with van der Waals surface area (Å²) in [5.74, 6) is 1.46. The van der Waals surface area contributed by atoms with E-state index in [2.05, 4.69) is 39.7 Å². The van der Waals surface area contributed by atoms with Gasteiger partial charge in [0, 0.05) is 18.0 Å². The van der Waals surface area contributed by atoms with Gasteiger partial charge in [-0.3, -0.25) is 0 Å². The van der Waals surface area contributed by atoms with Crippen molar-refractivity contribution in [3.63, 3.8) is 0 Å². The Morgan fingerprint density at radius 2 is 1.38 bits per heavy atom. The minimum Gasteiger partial charge on any atom is -0.492 e. The molecule has 0 saturated heterocycles. The van der Waals surface area contributed by atoms with Crippen molar-refractivity contribution in [3.8, 4) is 22.9 Å². The Morgan fingerprint density at radius 1 is 0.769 bits per heavy atom. The summed E-state index contributed by atoms with van der Waals surface area (Å²) >= 11 is 3.52. The lowest BCUT2D eigenvalue weighted by atomic mass is 10.1. The number of nitrogens with zero attached hydrogens (tertiary/aromatic N) is 2. The maximum absolute atomic E-state index is 12.7. The van der Waals surface area contributed by atoms with Gasteiger partial charge >= 0.3 is 5.97 Å². The molecule has 0 radical (unpaired) electrons. The first kappa shape index (κ1) is 30.8. The summed E-state index contributed by atoms with van der Waals surface area (Å²) in [5, 5.41) is 0. The summed E-state index contributed by atoms with van der Waals surface area (Å²) in [6.07, 6.45) is 19.8. The van der Waals surface area contributed by atoms with E-state index < -0.39 is 5.97 Å². The highest BCUT2D eigenvalue weighted by molar-refractivity contribution is 9.10. The smallest absolute Gasteiger partial charge is 0.343 e. The van der Waals surface area contributed by atoms with Gasteiger partial charge in [-0.05, 0) is 83.2 Å². The van der Waals surface area contributed by atoms with Crippen LogP contribution in [0.2, 0.25) is 0 Å². The number of unbranched alkanes of at least 4 members (excludes halogenated alkanes) is 10. The molecule has 0 unspecified atom stereocenters. The molecule has 6 heteroatoms. The predicted octanol–water partition coefficient (Wildman–Crippen LogP) is 9.77. The first-order valence-electron chi connectivity index (χ1n) is 14.7. The molecule has 2 aromatic carbocycles. The van der Waals surface area contributed by atoms with Crippen LogP contribution in [-0.4, -0.2) is 22.5 Å². The number of carbonyl (C=O) groups excluding carboxylic acids is 1. The van der Waals surface area contributed by atoms with E-state index in [-0.39, 0.29) is 0 Å². The van der Waals surface area contributed by atoms with E-state index in [0.29, 0.717) is 23.7 Å². The molecule has 39 heavy (non-hydrogen) atoms. The van der Waals surface area contributed by atoms with Crippen LogP contribution in [0.5, 0.6) is 11.5 Å². The minimum atomic E-state index is -0.416. The predicted molar refractivity (Wildman–Crippen MR) is 163 cm³/mol. The van der Waals surface area contributed by atoms with Crippen LogP contribution in [-0.2, 0) is 6.42 Å². The highest BCUT2D eigenvalue weighted by Crippen LogP contribution is 2.27. The Morgan fingerprint density at radius 3 is 2.03 bits per heavy atom. The Bertz CT molecular complexity index is 1120. The van der Waals surface area contributed by atoms with Crippen molar-refractivity contribution in [2.45, 2.75) is 97.3 Å². The van der Waals surface area contributed by atoms with Gasteiger partial charge in [0.2, 0.25) is 0 Å². The second kappa shape index (κ2) is 17.8. The third-order valence-electron chi connectivity index (χ3n) is 6.77. The molecule has 3 aromatic rings. The number of ether oxygens (including phenoxy) is 2. The third-order valence-corrected chi connectivity index (χ3v) is 7.39. The van der Waals surface area contributed by atoms with Gasteiger partial charge in [-0.15, -0.1) is 0 Å². The summed E-state index contributed by atoms with van der Waals surface area (Å²) in [5.41, 5.74) is 2.52. The zero-order valence-electron chi connectivity index (χ0n) is 23.6. The lowest BCUT2D eigenvalue weighted by molar-refractivity contribution is 0.0734. The number of esters is 1. The van der Waals surface area contributed by atoms with Crippen molar-refractivity contribution in [2.75, 3.05) is 6.61 Å². The van der Waals surface area contributed by atoms with Crippen LogP contribution in [0.15, 0.2) is 59.3 Å². The molecule has 0 aliphatic heterocycles. The Labute approximate surface area is 242 Å². The maximum Gasteiger partial charge on any atom is 0.343 e. The van der Waals surface area contributed by atoms with Gasteiger partial charge in [-0.1, -0.05) is 78.1 Å². The van der Waals surface area contributed by atoms with E-state index in [0.717, 1.165) is 28.6 Å². The number of hydrogen-bond acceptors (Lipinski definition) is 5. The summed E-state index contributed by atoms with van der Waals surface area (Å²) < 4.78 is 12.2. The maximum atomic E-state index is 12.7. The summed E-state index contributed by atoms with van der Waals surface area (Å²) in [4.78, 5) is 21.8. The van der Waals surface area contributed by atoms with E-state index >= 15 is 0 Å². The molecule has 0 saturated carbocycles. The normalized spacial score (nSPS) is 10.9. The molecule has 210 valence electrons. The van der Waals surface area contributed by atoms with Crippen LogP contribution < -0.4 is 9.47 Å². The molecule has 0 fully saturated rings. The highest BCUT2D eigenvalue weighted by atomic mass is 79.9. The Hall–Kier alpha value is -2.73. The molecule has 0 N–H and O–H groups in total. The summed E-state index contributed by atoms with van der Waals surface area (Å²) in [7, 11) is 0. The fourth-order valence-corrected chi connectivity index (χ4v) is 4.88. The molecule has 0 atom stereocenters. The van der Waals surface area contributed by atoms with Crippen LogP contribution in [0, 0.1) is 0 Å². The highest BCUT2D eigenvalue weighted by Gasteiger charge is 2.12. The van der Waals surface area contributed by atoms with Crippen LogP contribution in [0.25, 0.3) is 11.4 Å². The number of halogens is 1. The van der Waals surface area contributed by atoms with Crippen molar-refractivity contribution < 1.29 is 14.3 Å². The molecule has 0 aliphatic carbocycles. The fraction of sp³-hybridized carbons (Fsp3) is 0.485. The summed E-state index contributed by atoms with van der Waals surface area (Å²) in [6, 6.07) is 12.6. The van der Waals surface area contributed by atoms with Gasteiger partial charge in [0.1, 0.15) is 11.5 Å². The molecular formula is C33H43BrN2O3. The first-order chi connectivity index (χ1) is 19.1. The van der Waals surface area contributed by atoms with Crippen LogP contribution >= 0.6 is 15.9 Å². The van der Waals surface area contributed by atoms with E-state index in [9.17, 15) is 4.79 Å². The van der Waals surface area contributed by atoms with Gasteiger partial charge in [-0.25, -0.2) is 14.8 Å². The topological polar surface area (TPSA) is 61.3 Å². The lowest BCUT2D eigenvalue weighted by Crippen LogP contribution is -2.09. The van der Waals surface area contributed by atoms with Gasteiger partial charge in [0.05, 0.1) is 16.6 Å². The second-order valence-electron chi connectivity index (χ2n) is 10.1. The molecular weight excluding hydrogens is 552 g/mol. The SMILES string of the molecule is CCCCCCCCOc1ccc(C(=O)Oc2ccc(-c3ncc(CCCCCCCC)cn3)cc2)cc1Br. The van der Waals surface area contributed by atoms with Crippen molar-refractivity contribution in [3.05, 3.63) is 70.5 Å². The van der Waals surface area contributed by atoms with Crippen LogP contribution in [0.1, 0.15) is 107 Å². The number of aryl methyl sites for hydroxylation is 1. The van der Waals surface area contributed by atoms with Crippen LogP contribution in [0.4, 0.5) is 0 Å². The zero-order chi connectivity index (χ0) is 27.7. The van der Waals surface area contributed by atoms with Crippen molar-refractivity contribution >= 4 is 21.9 Å². The van der Waals surface area contributed by atoms with Gasteiger partial charge in [-0.2, -0.15) is 0 Å². The van der Waals surface area contributed by atoms with Gasteiger partial charge < -0.3 is 9.47 Å². The van der Waals surface area contributed by atoms with E-state index in [4.69, 9.17) is 9.47 Å². The lowest BCUT2D eigenvalue weighted by Gasteiger charge is -2.10. The standard InChI is InChI=1S/C33H43BrN2O3/c1-3-5-7-9-11-13-15-26-24-35-32(36-25-26)27-16-19-29(20-17-27)39-33(37)28-18-21-31(30(34)23-28)38-22-14-12-10-8-6-4-2/h16-21,23-25H,3-15,22H2,1-2H3. The third kappa shape index (κ3) is 11.1. The minimum absolute atomic E-state index is 0.416. The van der Waals surface area contributed by atoms with Crippen molar-refractivity contribution in [2.24, 2.45) is 0 Å². The average Bonchev–Trinajstić information content (AvgIpc) is 2.96. The number of aromatic nitrogens is 2. The number of carbonyl (C=O) groups is 1. The van der Waals surface area contributed by atoms with Gasteiger partial charge in [0.15, 0.2) is 5.82 Å². The van der Waals surface area contributed by atoms with Gasteiger partial charge in [0.25, 0.3) is 0 Å². The molecule has 0 amide bonds. The van der Waals surface area contributed by atoms with E-state index in [1.807, 2.05) is 30.6 Å². The van der Waals surface area contributed by atoms with E-state index in [1.165, 1.54) is 76.2 Å². The Kier molecular flexibility index (Phi) is 14.0. The first-order valence-corrected chi connectivity index (χ1v) is 15.5. The summed E-state index contributed by atoms with van der Waals surface area (Å²) in [6.45, 7) is 5.14. The Balaban J connectivity index is 1.44. The zero-order valence-corrected chi connectivity index (χ0v) is 25.2. The molecule has 1 heterocycles. The number of hydrogen-bond donors (Lipinski definition) is 0. The fourth-order valence-electron chi connectivity index (χ4n) is 4.39. The monoisotopic (exact) mass is 594 g/mol.